The summed E-state index contributed by atoms with van der Waals surface area (Å²) in [5.74, 6) is -0.0523. The molecule has 1 saturated carbocycles. The number of carbonyl (C=O) groups is 1. The number of halogens is 1. The molecule has 3 saturated heterocycles. The van der Waals surface area contributed by atoms with Crippen molar-refractivity contribution in [3.05, 3.63) is 30.1 Å². The van der Waals surface area contributed by atoms with Crippen LogP contribution in [0.25, 0.3) is 0 Å². The van der Waals surface area contributed by atoms with Crippen molar-refractivity contribution in [2.75, 3.05) is 45.9 Å². The molecule has 32 heavy (non-hydrogen) atoms. The topological polar surface area (TPSA) is 56.2 Å². The Morgan fingerprint density at radius 3 is 2.44 bits per heavy atom. The van der Waals surface area contributed by atoms with Gasteiger partial charge >= 0.3 is 0 Å². The highest BCUT2D eigenvalue weighted by Crippen LogP contribution is 2.28. The van der Waals surface area contributed by atoms with Gasteiger partial charge in [0.25, 0.3) is 0 Å². The highest BCUT2D eigenvalue weighted by atomic mass is 19.1. The quantitative estimate of drug-likeness (QED) is 0.771. The monoisotopic (exact) mass is 447 g/mol. The summed E-state index contributed by atoms with van der Waals surface area (Å²) in [4.78, 5) is 20.5. The number of hydrogen-bond acceptors (Lipinski definition) is 5. The second kappa shape index (κ2) is 11.4. The number of rotatable bonds is 3. The zero-order chi connectivity index (χ0) is 22.3. The standard InChI is InChI=1S/C19H33N3O2.C6H5FO/c23-19(18-8-2-11-22(18)17-7-3-14-24-15-17)21-10-4-9-20(12-13-21)16-5-1-6-16;7-5-2-1-3-6(8)4-5/h16-18H,1-15H2;1-4,8H/t17?,18-;/m1./s1. The molecule has 0 bridgehead atoms. The van der Waals surface area contributed by atoms with E-state index in [1.54, 1.807) is 0 Å². The maximum Gasteiger partial charge on any atom is 0.239 e. The first-order chi connectivity index (χ1) is 15.6. The predicted octanol–water partition coefficient (Wildman–Crippen LogP) is 3.25. The number of likely N-dealkylation sites (tertiary alicyclic amines) is 1. The molecule has 4 aliphatic rings. The van der Waals surface area contributed by atoms with Gasteiger partial charge in [-0.2, -0.15) is 0 Å². The average Bonchev–Trinajstić information content (AvgIpc) is 3.13. The maximum atomic E-state index is 13.2. The Morgan fingerprint density at radius 2 is 1.78 bits per heavy atom. The molecule has 5 rings (SSSR count). The largest absolute Gasteiger partial charge is 0.508 e. The number of benzene rings is 1. The minimum Gasteiger partial charge on any atom is -0.508 e. The number of ether oxygens (including phenoxy) is 1. The van der Waals surface area contributed by atoms with Crippen LogP contribution in [-0.4, -0.2) is 89.8 Å². The van der Waals surface area contributed by atoms with Crippen LogP contribution in [0.15, 0.2) is 24.3 Å². The minimum atomic E-state index is -0.412. The molecule has 1 N–H and O–H groups in total. The molecule has 7 heteroatoms. The van der Waals surface area contributed by atoms with Crippen LogP contribution in [0.2, 0.25) is 0 Å². The molecule has 4 fully saturated rings. The molecule has 3 heterocycles. The van der Waals surface area contributed by atoms with Crippen molar-refractivity contribution in [3.8, 4) is 5.75 Å². The number of hydrogen-bond donors (Lipinski definition) is 1. The second-order valence-corrected chi connectivity index (χ2v) is 9.55. The summed E-state index contributed by atoms with van der Waals surface area (Å²) in [6.07, 6.45) is 9.80. The lowest BCUT2D eigenvalue weighted by Gasteiger charge is -2.37. The summed E-state index contributed by atoms with van der Waals surface area (Å²) in [5.41, 5.74) is 0. The molecular formula is C25H38FN3O3. The molecule has 1 aliphatic carbocycles. The Labute approximate surface area is 191 Å². The second-order valence-electron chi connectivity index (χ2n) is 9.55. The van der Waals surface area contributed by atoms with Gasteiger partial charge < -0.3 is 14.7 Å². The molecule has 6 nitrogen and oxygen atoms in total. The van der Waals surface area contributed by atoms with Crippen molar-refractivity contribution in [2.45, 2.75) is 69.5 Å². The Morgan fingerprint density at radius 1 is 0.938 bits per heavy atom. The number of phenols is 1. The van der Waals surface area contributed by atoms with Gasteiger partial charge in [0.05, 0.1) is 12.6 Å². The Kier molecular flexibility index (Phi) is 8.38. The molecule has 0 aromatic heterocycles. The van der Waals surface area contributed by atoms with E-state index in [1.165, 1.54) is 50.4 Å². The van der Waals surface area contributed by atoms with E-state index in [4.69, 9.17) is 9.84 Å². The number of carbonyl (C=O) groups excluding carboxylic acids is 1. The van der Waals surface area contributed by atoms with Crippen LogP contribution in [0.5, 0.6) is 5.75 Å². The van der Waals surface area contributed by atoms with Gasteiger partial charge in [-0.3, -0.25) is 14.6 Å². The number of phenolic OH excluding ortho intramolecular Hbond substituents is 1. The zero-order valence-electron chi connectivity index (χ0n) is 19.1. The molecule has 2 atom stereocenters. The van der Waals surface area contributed by atoms with Gasteiger partial charge in [-0.1, -0.05) is 12.5 Å². The van der Waals surface area contributed by atoms with Crippen LogP contribution in [0.1, 0.15) is 51.4 Å². The lowest BCUT2D eigenvalue weighted by Crippen LogP contribution is -2.52. The van der Waals surface area contributed by atoms with Crippen molar-refractivity contribution in [3.63, 3.8) is 0 Å². The van der Waals surface area contributed by atoms with Gasteiger partial charge in [0.1, 0.15) is 11.6 Å². The third-order valence-corrected chi connectivity index (χ3v) is 7.43. The molecule has 3 aliphatic heterocycles. The van der Waals surface area contributed by atoms with E-state index in [-0.39, 0.29) is 11.8 Å². The van der Waals surface area contributed by atoms with Crippen LogP contribution < -0.4 is 0 Å². The molecule has 1 amide bonds. The molecule has 1 unspecified atom stereocenters. The van der Waals surface area contributed by atoms with Gasteiger partial charge in [0.15, 0.2) is 0 Å². The maximum absolute atomic E-state index is 13.2. The fraction of sp³-hybridized carbons (Fsp3) is 0.720. The van der Waals surface area contributed by atoms with Crippen LogP contribution in [0, 0.1) is 5.82 Å². The lowest BCUT2D eigenvalue weighted by molar-refractivity contribution is -0.137. The van der Waals surface area contributed by atoms with Crippen LogP contribution in [-0.2, 0) is 9.53 Å². The van der Waals surface area contributed by atoms with Gasteiger partial charge in [-0.15, -0.1) is 0 Å². The van der Waals surface area contributed by atoms with Crippen molar-refractivity contribution in [1.29, 1.82) is 0 Å². The van der Waals surface area contributed by atoms with Crippen molar-refractivity contribution >= 4 is 5.91 Å². The summed E-state index contributed by atoms with van der Waals surface area (Å²) in [5, 5.41) is 8.57. The Bertz CT molecular complexity index is 722. The summed E-state index contributed by atoms with van der Waals surface area (Å²) in [7, 11) is 0. The molecular weight excluding hydrogens is 409 g/mol. The molecule has 1 aromatic carbocycles. The van der Waals surface area contributed by atoms with Gasteiger partial charge in [0, 0.05) is 50.9 Å². The van der Waals surface area contributed by atoms with Crippen molar-refractivity contribution in [2.24, 2.45) is 0 Å². The first-order valence-corrected chi connectivity index (χ1v) is 12.4. The fourth-order valence-corrected chi connectivity index (χ4v) is 5.44. The molecule has 0 radical (unpaired) electrons. The predicted molar refractivity (Wildman–Crippen MR) is 122 cm³/mol. The normalized spacial score (nSPS) is 27.8. The number of amides is 1. The zero-order valence-corrected chi connectivity index (χ0v) is 19.1. The minimum absolute atomic E-state index is 0.0370. The first kappa shape index (κ1) is 23.5. The summed E-state index contributed by atoms with van der Waals surface area (Å²) in [6, 6.07) is 6.59. The Balaban J connectivity index is 0.000000260. The summed E-state index contributed by atoms with van der Waals surface area (Å²) in [6.45, 7) is 6.93. The number of nitrogens with zero attached hydrogens (tertiary/aromatic N) is 3. The van der Waals surface area contributed by atoms with E-state index in [1.807, 2.05) is 0 Å². The first-order valence-electron chi connectivity index (χ1n) is 12.4. The molecule has 0 spiro atoms. The van der Waals surface area contributed by atoms with E-state index >= 15 is 0 Å². The smallest absolute Gasteiger partial charge is 0.239 e. The van der Waals surface area contributed by atoms with Gasteiger partial charge in [-0.25, -0.2) is 4.39 Å². The third-order valence-electron chi connectivity index (χ3n) is 7.43. The van der Waals surface area contributed by atoms with E-state index in [0.717, 1.165) is 77.2 Å². The highest BCUT2D eigenvalue weighted by molar-refractivity contribution is 5.82. The van der Waals surface area contributed by atoms with E-state index in [9.17, 15) is 9.18 Å². The average molecular weight is 448 g/mol. The summed E-state index contributed by atoms with van der Waals surface area (Å²) >= 11 is 0. The molecule has 1 aromatic rings. The van der Waals surface area contributed by atoms with Crippen LogP contribution in [0.3, 0.4) is 0 Å². The SMILES string of the molecule is O=C([C@H]1CCCN1C1CCCOC1)N1CCCN(C2CCC2)CC1.Oc1cccc(F)c1. The van der Waals surface area contributed by atoms with E-state index < -0.39 is 5.82 Å². The third kappa shape index (κ3) is 6.00. The van der Waals surface area contributed by atoms with Crippen LogP contribution >= 0.6 is 0 Å². The van der Waals surface area contributed by atoms with Crippen molar-refractivity contribution in [1.82, 2.24) is 14.7 Å². The Hall–Kier alpha value is -1.70. The lowest BCUT2D eigenvalue weighted by atomic mass is 9.91. The van der Waals surface area contributed by atoms with Gasteiger partial charge in [-0.05, 0) is 63.6 Å². The molecule has 178 valence electrons. The fourth-order valence-electron chi connectivity index (χ4n) is 5.44. The van der Waals surface area contributed by atoms with E-state index in [0.29, 0.717) is 11.9 Å². The summed E-state index contributed by atoms with van der Waals surface area (Å²) < 4.78 is 17.7. The number of aromatic hydroxyl groups is 1. The highest BCUT2D eigenvalue weighted by Gasteiger charge is 2.38. The van der Waals surface area contributed by atoms with E-state index in [2.05, 4.69) is 14.7 Å². The van der Waals surface area contributed by atoms with Crippen LogP contribution in [0.4, 0.5) is 4.39 Å². The van der Waals surface area contributed by atoms with Crippen molar-refractivity contribution < 1.29 is 19.0 Å². The van der Waals surface area contributed by atoms with Gasteiger partial charge in [0.2, 0.25) is 5.91 Å².